The number of methoxy groups -OCH3 is 1. The van der Waals surface area contributed by atoms with Crippen LogP contribution < -0.4 is 20.1 Å². The Bertz CT molecular complexity index is 1490. The van der Waals surface area contributed by atoms with Crippen molar-refractivity contribution in [3.63, 3.8) is 0 Å². The van der Waals surface area contributed by atoms with E-state index in [-0.39, 0.29) is 31.5 Å². The van der Waals surface area contributed by atoms with Crippen LogP contribution in [-0.2, 0) is 41.4 Å². The summed E-state index contributed by atoms with van der Waals surface area (Å²) in [6.45, 7) is 18.3. The van der Waals surface area contributed by atoms with Crippen LogP contribution in [-0.4, -0.2) is 68.6 Å². The molecular formula is C48H74N2O9. The predicted octanol–water partition coefficient (Wildman–Crippen LogP) is 10.2. The first-order valence-corrected chi connectivity index (χ1v) is 21.5. The van der Waals surface area contributed by atoms with Gasteiger partial charge in [0.2, 0.25) is 5.91 Å². The molecule has 0 fully saturated rings. The molecule has 0 aliphatic heterocycles. The number of alkyl carbamates (subject to hydrolysis) is 1. The number of hydrogen-bond acceptors (Lipinski definition) is 9. The summed E-state index contributed by atoms with van der Waals surface area (Å²) in [6, 6.07) is 15.9. The zero-order valence-corrected chi connectivity index (χ0v) is 37.0. The Hall–Kier alpha value is -4.80. The molecule has 2 aromatic carbocycles. The molecule has 0 spiro atoms. The fourth-order valence-electron chi connectivity index (χ4n) is 6.52. The SMILES string of the molecule is C=CCC(CCc1ccc(OCCCCCCC)cc1)(COC(C)=O)NC(C)=O.C=CCC(CCc1ccc(OCCCCCCC)cc1)(NC(=O)OC)C(=O)OCC. The van der Waals surface area contributed by atoms with Crippen LogP contribution in [0, 0.1) is 0 Å². The summed E-state index contributed by atoms with van der Waals surface area (Å²) in [6.07, 6.45) is 17.9. The van der Waals surface area contributed by atoms with Gasteiger partial charge in [-0.3, -0.25) is 9.59 Å². The van der Waals surface area contributed by atoms with Gasteiger partial charge in [-0.15, -0.1) is 13.2 Å². The number of carbonyl (C=O) groups is 4. The topological polar surface area (TPSA) is 138 Å². The first-order chi connectivity index (χ1) is 28.4. The van der Waals surface area contributed by atoms with E-state index in [1.807, 2.05) is 48.5 Å². The third-order valence-electron chi connectivity index (χ3n) is 9.83. The number of aryl methyl sites for hydroxylation is 2. The predicted molar refractivity (Wildman–Crippen MR) is 236 cm³/mol. The third-order valence-corrected chi connectivity index (χ3v) is 9.83. The van der Waals surface area contributed by atoms with Crippen molar-refractivity contribution >= 4 is 23.9 Å². The number of carbonyl (C=O) groups excluding carboxylic acids is 4. The van der Waals surface area contributed by atoms with Gasteiger partial charge in [-0.2, -0.15) is 0 Å². The van der Waals surface area contributed by atoms with Crippen LogP contribution in [0.3, 0.4) is 0 Å². The largest absolute Gasteiger partial charge is 0.494 e. The van der Waals surface area contributed by atoms with E-state index >= 15 is 0 Å². The molecule has 2 unspecified atom stereocenters. The second-order valence-electron chi connectivity index (χ2n) is 15.0. The molecule has 0 saturated carbocycles. The average molecular weight is 823 g/mol. The van der Waals surface area contributed by atoms with Gasteiger partial charge in [0, 0.05) is 13.8 Å². The lowest BCUT2D eigenvalue weighted by Crippen LogP contribution is -2.55. The van der Waals surface area contributed by atoms with Crippen molar-refractivity contribution in [1.82, 2.24) is 10.6 Å². The van der Waals surface area contributed by atoms with Gasteiger partial charge >= 0.3 is 18.0 Å². The van der Waals surface area contributed by atoms with E-state index < -0.39 is 23.1 Å². The van der Waals surface area contributed by atoms with Crippen LogP contribution in [0.15, 0.2) is 73.8 Å². The van der Waals surface area contributed by atoms with Gasteiger partial charge in [0.05, 0.1) is 32.5 Å². The normalized spacial score (nSPS) is 12.6. The fourth-order valence-corrected chi connectivity index (χ4v) is 6.52. The maximum absolute atomic E-state index is 12.6. The molecule has 0 bridgehead atoms. The van der Waals surface area contributed by atoms with Crippen molar-refractivity contribution < 1.29 is 42.9 Å². The van der Waals surface area contributed by atoms with Crippen molar-refractivity contribution in [3.05, 3.63) is 85.0 Å². The summed E-state index contributed by atoms with van der Waals surface area (Å²) in [4.78, 5) is 47.5. The highest BCUT2D eigenvalue weighted by molar-refractivity contribution is 5.86. The van der Waals surface area contributed by atoms with Crippen LogP contribution >= 0.6 is 0 Å². The van der Waals surface area contributed by atoms with Crippen LogP contribution in [0.4, 0.5) is 4.79 Å². The fraction of sp³-hybridized carbons (Fsp3) is 0.583. The number of ether oxygens (including phenoxy) is 5. The van der Waals surface area contributed by atoms with E-state index in [9.17, 15) is 19.2 Å². The molecule has 59 heavy (non-hydrogen) atoms. The van der Waals surface area contributed by atoms with E-state index in [1.54, 1.807) is 19.1 Å². The number of rotatable bonds is 30. The lowest BCUT2D eigenvalue weighted by Gasteiger charge is -2.33. The van der Waals surface area contributed by atoms with E-state index in [2.05, 4.69) is 37.6 Å². The van der Waals surface area contributed by atoms with Crippen LogP contribution in [0.2, 0.25) is 0 Å². The number of esters is 2. The number of hydrogen-bond donors (Lipinski definition) is 2. The standard InChI is InChI=1S/C24H37NO5.C24H37NO4/c1-5-8-9-10-11-19-30-21-14-12-20(13-15-21)16-18-24(17-6-2,22(26)29-7-3)25-23(27)28-4;1-5-7-8-9-10-18-28-23-13-11-22(12-14-23)15-17-24(16-6-2,25-20(3)26)19-29-21(4)27/h6,12-15H,2,5,7-11,16-19H2,1,3-4H3,(H,25,27);6,11-14H,2,5,7-10,15-19H2,1,3-4H3,(H,25,26). The first kappa shape index (κ1) is 52.2. The third kappa shape index (κ3) is 22.8. The molecule has 11 heteroatoms. The lowest BCUT2D eigenvalue weighted by atomic mass is 9.88. The quantitative estimate of drug-likeness (QED) is 0.0341. The van der Waals surface area contributed by atoms with Crippen LogP contribution in [0.5, 0.6) is 11.5 Å². The minimum Gasteiger partial charge on any atom is -0.494 e. The van der Waals surface area contributed by atoms with Gasteiger partial charge in [0.25, 0.3) is 0 Å². The molecule has 2 rings (SSSR count). The number of benzene rings is 2. The van der Waals surface area contributed by atoms with E-state index in [4.69, 9.17) is 23.7 Å². The van der Waals surface area contributed by atoms with Crippen LogP contribution in [0.25, 0.3) is 0 Å². The minimum atomic E-state index is -1.21. The van der Waals surface area contributed by atoms with Crippen LogP contribution in [0.1, 0.15) is 136 Å². The monoisotopic (exact) mass is 823 g/mol. The molecule has 2 atom stereocenters. The van der Waals surface area contributed by atoms with Crippen molar-refractivity contribution in [1.29, 1.82) is 0 Å². The Morgan fingerprint density at radius 1 is 0.644 bits per heavy atom. The highest BCUT2D eigenvalue weighted by atomic mass is 16.6. The maximum atomic E-state index is 12.6. The van der Waals surface area contributed by atoms with Gasteiger partial charge in [-0.25, -0.2) is 9.59 Å². The van der Waals surface area contributed by atoms with E-state index in [0.29, 0.717) is 25.7 Å². The summed E-state index contributed by atoms with van der Waals surface area (Å²) in [5.41, 5.74) is 0.322. The Morgan fingerprint density at radius 2 is 1.14 bits per heavy atom. The zero-order chi connectivity index (χ0) is 43.8. The highest BCUT2D eigenvalue weighted by Crippen LogP contribution is 2.24. The van der Waals surface area contributed by atoms with Gasteiger partial charge in [-0.05, 0) is 93.7 Å². The molecule has 0 aliphatic carbocycles. The zero-order valence-electron chi connectivity index (χ0n) is 37.0. The Labute approximate surface area is 355 Å². The second kappa shape index (κ2) is 31.2. The summed E-state index contributed by atoms with van der Waals surface area (Å²) < 4.78 is 26.8. The Balaban J connectivity index is 0.000000590. The molecule has 0 radical (unpaired) electrons. The second-order valence-corrected chi connectivity index (χ2v) is 15.0. The van der Waals surface area contributed by atoms with Crippen molar-refractivity contribution in [2.75, 3.05) is 33.5 Å². The molecule has 11 nitrogen and oxygen atoms in total. The van der Waals surface area contributed by atoms with Gasteiger partial charge in [0.1, 0.15) is 23.6 Å². The first-order valence-electron chi connectivity index (χ1n) is 21.5. The van der Waals surface area contributed by atoms with E-state index in [0.717, 1.165) is 55.1 Å². The maximum Gasteiger partial charge on any atom is 0.407 e. The Kier molecular flexibility index (Phi) is 27.6. The molecule has 0 heterocycles. The molecule has 0 aromatic heterocycles. The molecule has 2 N–H and O–H groups in total. The average Bonchev–Trinajstić information content (AvgIpc) is 3.22. The highest BCUT2D eigenvalue weighted by Gasteiger charge is 2.40. The summed E-state index contributed by atoms with van der Waals surface area (Å²) >= 11 is 0. The van der Waals surface area contributed by atoms with Gasteiger partial charge in [-0.1, -0.05) is 102 Å². The number of unbranched alkanes of at least 4 members (excludes halogenated alkanes) is 8. The summed E-state index contributed by atoms with van der Waals surface area (Å²) in [5.74, 6) is 0.716. The smallest absolute Gasteiger partial charge is 0.407 e. The van der Waals surface area contributed by atoms with Gasteiger partial charge in [0.15, 0.2) is 0 Å². The van der Waals surface area contributed by atoms with Crippen molar-refractivity contribution in [3.8, 4) is 11.5 Å². The molecule has 2 aromatic rings. The number of amides is 2. The Morgan fingerprint density at radius 3 is 1.56 bits per heavy atom. The lowest BCUT2D eigenvalue weighted by molar-refractivity contribution is -0.151. The molecule has 0 aliphatic rings. The van der Waals surface area contributed by atoms with E-state index in [1.165, 1.54) is 72.3 Å². The molecular weight excluding hydrogens is 749 g/mol. The van der Waals surface area contributed by atoms with Crippen molar-refractivity contribution in [2.45, 2.75) is 148 Å². The number of nitrogens with one attached hydrogen (secondary N) is 2. The summed E-state index contributed by atoms with van der Waals surface area (Å²) in [5, 5.41) is 5.63. The summed E-state index contributed by atoms with van der Waals surface area (Å²) in [7, 11) is 1.27. The molecule has 0 saturated heterocycles. The molecule has 2 amide bonds. The molecule has 330 valence electrons. The van der Waals surface area contributed by atoms with Crippen molar-refractivity contribution in [2.24, 2.45) is 0 Å². The minimum absolute atomic E-state index is 0.132. The van der Waals surface area contributed by atoms with Gasteiger partial charge < -0.3 is 34.3 Å².